The number of halogens is 4. The SMILES string of the molecule is CCOC(=O)Cc1ccc(Br)cc1OC(F)(F)F. The van der Waals surface area contributed by atoms with Gasteiger partial charge in [0.2, 0.25) is 0 Å². The van der Waals surface area contributed by atoms with Crippen LogP contribution in [-0.4, -0.2) is 18.9 Å². The molecule has 3 nitrogen and oxygen atoms in total. The van der Waals surface area contributed by atoms with E-state index < -0.39 is 18.1 Å². The van der Waals surface area contributed by atoms with E-state index in [0.717, 1.165) is 6.07 Å². The van der Waals surface area contributed by atoms with Crippen LogP contribution in [0.15, 0.2) is 22.7 Å². The van der Waals surface area contributed by atoms with Gasteiger partial charge in [-0.05, 0) is 19.1 Å². The summed E-state index contributed by atoms with van der Waals surface area (Å²) in [6, 6.07) is 4.06. The van der Waals surface area contributed by atoms with Gasteiger partial charge in [-0.2, -0.15) is 0 Å². The van der Waals surface area contributed by atoms with Crippen molar-refractivity contribution in [1.82, 2.24) is 0 Å². The van der Waals surface area contributed by atoms with Gasteiger partial charge in [0.15, 0.2) is 0 Å². The topological polar surface area (TPSA) is 35.5 Å². The molecule has 0 aliphatic heterocycles. The third-order valence-corrected chi connectivity index (χ3v) is 2.39. The molecule has 0 saturated heterocycles. The molecule has 18 heavy (non-hydrogen) atoms. The Labute approximate surface area is 110 Å². The molecule has 0 aromatic heterocycles. The summed E-state index contributed by atoms with van der Waals surface area (Å²) < 4.78 is 45.5. The highest BCUT2D eigenvalue weighted by Crippen LogP contribution is 2.29. The van der Waals surface area contributed by atoms with Crippen LogP contribution >= 0.6 is 15.9 Å². The lowest BCUT2D eigenvalue weighted by Gasteiger charge is -2.13. The molecule has 7 heteroatoms. The summed E-state index contributed by atoms with van der Waals surface area (Å²) in [7, 11) is 0. The Bertz CT molecular complexity index is 432. The first-order valence-electron chi connectivity index (χ1n) is 5.01. The molecule has 0 spiro atoms. The van der Waals surface area contributed by atoms with Gasteiger partial charge >= 0.3 is 12.3 Å². The maximum absolute atomic E-state index is 12.2. The third-order valence-electron chi connectivity index (χ3n) is 1.90. The molecule has 0 fully saturated rings. The van der Waals surface area contributed by atoms with E-state index in [9.17, 15) is 18.0 Å². The van der Waals surface area contributed by atoms with Gasteiger partial charge < -0.3 is 9.47 Å². The van der Waals surface area contributed by atoms with Crippen molar-refractivity contribution in [3.63, 3.8) is 0 Å². The first kappa shape index (κ1) is 14.8. The van der Waals surface area contributed by atoms with Gasteiger partial charge in [0.05, 0.1) is 13.0 Å². The van der Waals surface area contributed by atoms with Crippen molar-refractivity contribution in [3.05, 3.63) is 28.2 Å². The van der Waals surface area contributed by atoms with E-state index in [-0.39, 0.29) is 18.6 Å². The lowest BCUT2D eigenvalue weighted by atomic mass is 10.1. The highest BCUT2D eigenvalue weighted by Gasteiger charge is 2.32. The molecule has 100 valence electrons. The fourth-order valence-electron chi connectivity index (χ4n) is 1.26. The molecule has 1 aromatic rings. The molecule has 0 amide bonds. The first-order chi connectivity index (χ1) is 8.31. The second kappa shape index (κ2) is 6.08. The Kier molecular flexibility index (Phi) is 5.01. The average molecular weight is 327 g/mol. The van der Waals surface area contributed by atoms with Gasteiger partial charge in [0.1, 0.15) is 5.75 Å². The summed E-state index contributed by atoms with van der Waals surface area (Å²) in [4.78, 5) is 11.2. The predicted molar refractivity (Wildman–Crippen MR) is 61.2 cm³/mol. The van der Waals surface area contributed by atoms with Gasteiger partial charge in [0.25, 0.3) is 0 Å². The van der Waals surface area contributed by atoms with Crippen LogP contribution in [0.3, 0.4) is 0 Å². The quantitative estimate of drug-likeness (QED) is 0.795. The number of rotatable bonds is 4. The molecule has 0 heterocycles. The zero-order chi connectivity index (χ0) is 13.8. The Hall–Kier alpha value is -1.24. The molecule has 0 unspecified atom stereocenters. The lowest BCUT2D eigenvalue weighted by molar-refractivity contribution is -0.275. The Morgan fingerprint density at radius 1 is 1.39 bits per heavy atom. The second-order valence-electron chi connectivity index (χ2n) is 3.28. The Morgan fingerprint density at radius 2 is 2.06 bits per heavy atom. The number of carbonyl (C=O) groups excluding carboxylic acids is 1. The monoisotopic (exact) mass is 326 g/mol. The summed E-state index contributed by atoms with van der Waals surface area (Å²) >= 11 is 3.04. The van der Waals surface area contributed by atoms with Gasteiger partial charge in [-0.3, -0.25) is 4.79 Å². The molecular weight excluding hydrogens is 317 g/mol. The Morgan fingerprint density at radius 3 is 2.61 bits per heavy atom. The van der Waals surface area contributed by atoms with Crippen molar-refractivity contribution in [2.24, 2.45) is 0 Å². The molecule has 0 bridgehead atoms. The number of hydrogen-bond acceptors (Lipinski definition) is 3. The minimum Gasteiger partial charge on any atom is -0.466 e. The van der Waals surface area contributed by atoms with E-state index in [4.69, 9.17) is 0 Å². The van der Waals surface area contributed by atoms with Crippen LogP contribution in [0.1, 0.15) is 12.5 Å². The minimum atomic E-state index is -4.80. The van der Waals surface area contributed by atoms with Crippen LogP contribution in [0.2, 0.25) is 0 Å². The van der Waals surface area contributed by atoms with Gasteiger partial charge in [-0.1, -0.05) is 22.0 Å². The van der Waals surface area contributed by atoms with Crippen molar-refractivity contribution >= 4 is 21.9 Å². The molecular formula is C11H10BrF3O3. The largest absolute Gasteiger partial charge is 0.573 e. The summed E-state index contributed by atoms with van der Waals surface area (Å²) in [6.07, 6.45) is -5.07. The smallest absolute Gasteiger partial charge is 0.466 e. The van der Waals surface area contributed by atoms with Crippen LogP contribution < -0.4 is 4.74 Å². The van der Waals surface area contributed by atoms with Crippen LogP contribution in [0, 0.1) is 0 Å². The number of ether oxygens (including phenoxy) is 2. The van der Waals surface area contributed by atoms with Crippen LogP contribution in [0.5, 0.6) is 5.75 Å². The molecule has 0 atom stereocenters. The minimum absolute atomic E-state index is 0.119. The number of carbonyl (C=O) groups is 1. The summed E-state index contributed by atoms with van der Waals surface area (Å²) in [5.74, 6) is -1.02. The van der Waals surface area contributed by atoms with Crippen molar-refractivity contribution < 1.29 is 27.4 Å². The maximum Gasteiger partial charge on any atom is 0.573 e. The van der Waals surface area contributed by atoms with Gasteiger partial charge in [-0.15, -0.1) is 13.2 Å². The maximum atomic E-state index is 12.2. The van der Waals surface area contributed by atoms with Gasteiger partial charge in [0, 0.05) is 10.0 Å². The fraction of sp³-hybridized carbons (Fsp3) is 0.364. The molecule has 0 radical (unpaired) electrons. The third kappa shape index (κ3) is 4.95. The van der Waals surface area contributed by atoms with E-state index in [2.05, 4.69) is 25.4 Å². The van der Waals surface area contributed by atoms with Crippen LogP contribution in [-0.2, 0) is 16.0 Å². The highest BCUT2D eigenvalue weighted by molar-refractivity contribution is 9.10. The first-order valence-corrected chi connectivity index (χ1v) is 5.81. The molecule has 1 rings (SSSR count). The molecule has 0 N–H and O–H groups in total. The van der Waals surface area contributed by atoms with E-state index in [1.165, 1.54) is 12.1 Å². The normalized spacial score (nSPS) is 11.2. The number of esters is 1. The van der Waals surface area contributed by atoms with E-state index in [1.807, 2.05) is 0 Å². The summed E-state index contributed by atoms with van der Waals surface area (Å²) in [5.41, 5.74) is 0.119. The summed E-state index contributed by atoms with van der Waals surface area (Å²) in [6.45, 7) is 1.79. The zero-order valence-electron chi connectivity index (χ0n) is 9.38. The van der Waals surface area contributed by atoms with Crippen molar-refractivity contribution in [2.45, 2.75) is 19.7 Å². The fourth-order valence-corrected chi connectivity index (χ4v) is 1.60. The van der Waals surface area contributed by atoms with E-state index in [0.29, 0.717) is 4.47 Å². The van der Waals surface area contributed by atoms with Gasteiger partial charge in [-0.25, -0.2) is 0 Å². The zero-order valence-corrected chi connectivity index (χ0v) is 11.0. The summed E-state index contributed by atoms with van der Waals surface area (Å²) in [5, 5.41) is 0. The van der Waals surface area contributed by atoms with E-state index in [1.54, 1.807) is 6.92 Å². The molecule has 1 aromatic carbocycles. The van der Waals surface area contributed by atoms with Crippen LogP contribution in [0.4, 0.5) is 13.2 Å². The molecule has 0 aliphatic rings. The Balaban J connectivity index is 2.93. The van der Waals surface area contributed by atoms with E-state index >= 15 is 0 Å². The number of hydrogen-bond donors (Lipinski definition) is 0. The standard InChI is InChI=1S/C11H10BrF3O3/c1-2-17-10(16)5-7-3-4-8(12)6-9(7)18-11(13,14)15/h3-4,6H,2,5H2,1H3. The second-order valence-corrected chi connectivity index (χ2v) is 4.20. The molecule has 0 aliphatic carbocycles. The van der Waals surface area contributed by atoms with Crippen molar-refractivity contribution in [3.8, 4) is 5.75 Å². The lowest BCUT2D eigenvalue weighted by Crippen LogP contribution is -2.19. The van der Waals surface area contributed by atoms with Crippen LogP contribution in [0.25, 0.3) is 0 Å². The number of benzene rings is 1. The number of alkyl halides is 3. The van der Waals surface area contributed by atoms with Crippen molar-refractivity contribution in [2.75, 3.05) is 6.61 Å². The predicted octanol–water partition coefficient (Wildman–Crippen LogP) is 3.45. The van der Waals surface area contributed by atoms with Crippen molar-refractivity contribution in [1.29, 1.82) is 0 Å². The highest BCUT2D eigenvalue weighted by atomic mass is 79.9. The average Bonchev–Trinajstić information content (AvgIpc) is 2.20. The molecule has 0 saturated carbocycles.